The van der Waals surface area contributed by atoms with Crippen LogP contribution in [0.5, 0.6) is 0 Å². The lowest BCUT2D eigenvalue weighted by atomic mass is 10.5. The van der Waals surface area contributed by atoms with Gasteiger partial charge in [-0.25, -0.2) is 0 Å². The number of allylic oxidation sites excluding steroid dienone is 1. The predicted octanol–water partition coefficient (Wildman–Crippen LogP) is 3.43. The molecule has 0 saturated carbocycles. The zero-order valence-corrected chi connectivity index (χ0v) is 7.67. The second-order valence-corrected chi connectivity index (χ2v) is 5.07. The molecule has 0 bridgehead atoms. The molecule has 0 rings (SSSR count). The van der Waals surface area contributed by atoms with Gasteiger partial charge in [0.15, 0.2) is 0 Å². The smallest absolute Gasteiger partial charge is 0.0309 e. The lowest BCUT2D eigenvalue weighted by Gasteiger charge is -2.13. The number of rotatable bonds is 4. The van der Waals surface area contributed by atoms with Gasteiger partial charge in [0.2, 0.25) is 0 Å². The van der Waals surface area contributed by atoms with Gasteiger partial charge in [0.1, 0.15) is 0 Å². The summed E-state index contributed by atoms with van der Waals surface area (Å²) in [5.74, 6) is 0. The summed E-state index contributed by atoms with van der Waals surface area (Å²) in [6, 6.07) is 0. The van der Waals surface area contributed by atoms with Crippen molar-refractivity contribution in [3.05, 3.63) is 11.9 Å². The molecule has 0 saturated heterocycles. The van der Waals surface area contributed by atoms with E-state index in [2.05, 4.69) is 27.4 Å². The van der Waals surface area contributed by atoms with Gasteiger partial charge in [-0.3, -0.25) is 0 Å². The van der Waals surface area contributed by atoms with E-state index in [0.717, 1.165) is 0 Å². The highest BCUT2D eigenvalue weighted by Crippen LogP contribution is 2.43. The molecule has 9 heavy (non-hydrogen) atoms. The van der Waals surface area contributed by atoms with E-state index in [-0.39, 0.29) is 7.92 Å². The molecule has 1 heteroatoms. The molecule has 54 valence electrons. The third-order valence-corrected chi connectivity index (χ3v) is 4.36. The fraction of sp³-hybridized carbons (Fsp3) is 0.750. The highest BCUT2D eigenvalue weighted by atomic mass is 31.1. The molecule has 0 aromatic carbocycles. The van der Waals surface area contributed by atoms with Crippen molar-refractivity contribution in [2.45, 2.75) is 27.2 Å². The van der Waals surface area contributed by atoms with Gasteiger partial charge in [-0.15, -0.1) is 0 Å². The maximum Gasteiger partial charge on any atom is -0.0309 e. The van der Waals surface area contributed by atoms with Crippen LogP contribution in [-0.4, -0.2) is 12.3 Å². The molecule has 0 aliphatic heterocycles. The standard InChI is InChI=1S/C8H17P/c1-5-8(4)9(6-2)7-3/h4-7H2,1-3H3. The van der Waals surface area contributed by atoms with Crippen LogP contribution in [0, 0.1) is 0 Å². The Kier molecular flexibility index (Phi) is 5.09. The van der Waals surface area contributed by atoms with Gasteiger partial charge < -0.3 is 0 Å². The Balaban J connectivity index is 3.64. The monoisotopic (exact) mass is 144 g/mol. The zero-order valence-electron chi connectivity index (χ0n) is 6.78. The molecular weight excluding hydrogens is 127 g/mol. The van der Waals surface area contributed by atoms with E-state index in [1.54, 1.807) is 0 Å². The Morgan fingerprint density at radius 3 is 1.78 bits per heavy atom. The van der Waals surface area contributed by atoms with Crippen molar-refractivity contribution in [1.82, 2.24) is 0 Å². The Morgan fingerprint density at radius 1 is 1.22 bits per heavy atom. The normalized spacial score (nSPS) is 10.2. The third-order valence-electron chi connectivity index (χ3n) is 1.62. The molecule has 0 aromatic rings. The summed E-state index contributed by atoms with van der Waals surface area (Å²) in [7, 11) is 0.188. The topological polar surface area (TPSA) is 0 Å². The summed E-state index contributed by atoms with van der Waals surface area (Å²) in [6.07, 6.45) is 3.81. The molecule has 0 aliphatic rings. The Bertz CT molecular complexity index is 82.6. The molecule has 0 nitrogen and oxygen atoms in total. The van der Waals surface area contributed by atoms with Crippen molar-refractivity contribution in [3.63, 3.8) is 0 Å². The van der Waals surface area contributed by atoms with Crippen LogP contribution in [0.3, 0.4) is 0 Å². The Hall–Kier alpha value is 0.170. The quantitative estimate of drug-likeness (QED) is 0.530. The Morgan fingerprint density at radius 2 is 1.67 bits per heavy atom. The van der Waals surface area contributed by atoms with Gasteiger partial charge in [0.05, 0.1) is 0 Å². The molecule has 0 aliphatic carbocycles. The van der Waals surface area contributed by atoms with Gasteiger partial charge in [-0.05, 0) is 18.7 Å². The molecule has 0 amide bonds. The molecule has 0 radical (unpaired) electrons. The molecule has 0 heterocycles. The first-order valence-corrected chi connectivity index (χ1v) is 5.40. The van der Waals surface area contributed by atoms with E-state index in [4.69, 9.17) is 0 Å². The lowest BCUT2D eigenvalue weighted by molar-refractivity contribution is 1.19. The van der Waals surface area contributed by atoms with E-state index in [1.807, 2.05) is 0 Å². The minimum absolute atomic E-state index is 0.188. The van der Waals surface area contributed by atoms with E-state index in [0.29, 0.717) is 0 Å². The first-order chi connectivity index (χ1) is 4.26. The van der Waals surface area contributed by atoms with Crippen LogP contribution >= 0.6 is 7.92 Å². The molecule has 0 atom stereocenters. The molecule has 0 aromatic heterocycles. The second kappa shape index (κ2) is 4.99. The van der Waals surface area contributed by atoms with Crippen LogP contribution in [0.25, 0.3) is 0 Å². The van der Waals surface area contributed by atoms with Crippen molar-refractivity contribution < 1.29 is 0 Å². The summed E-state index contributed by atoms with van der Waals surface area (Å²) in [4.78, 5) is 0. The van der Waals surface area contributed by atoms with Crippen LogP contribution in [0.1, 0.15) is 27.2 Å². The maximum atomic E-state index is 4.04. The van der Waals surface area contributed by atoms with Crippen molar-refractivity contribution >= 4 is 7.92 Å². The van der Waals surface area contributed by atoms with Crippen LogP contribution in [-0.2, 0) is 0 Å². The average Bonchev–Trinajstić information content (AvgIpc) is 1.90. The van der Waals surface area contributed by atoms with Crippen molar-refractivity contribution in [2.75, 3.05) is 12.3 Å². The Labute approximate surface area is 60.1 Å². The van der Waals surface area contributed by atoms with E-state index in [1.165, 1.54) is 24.1 Å². The molecule has 0 fully saturated rings. The van der Waals surface area contributed by atoms with Gasteiger partial charge in [-0.1, -0.05) is 40.6 Å². The van der Waals surface area contributed by atoms with Crippen LogP contribution in [0.4, 0.5) is 0 Å². The average molecular weight is 144 g/mol. The maximum absolute atomic E-state index is 4.04. The van der Waals surface area contributed by atoms with Gasteiger partial charge >= 0.3 is 0 Å². The lowest BCUT2D eigenvalue weighted by Crippen LogP contribution is -1.84. The van der Waals surface area contributed by atoms with Gasteiger partial charge in [-0.2, -0.15) is 0 Å². The van der Waals surface area contributed by atoms with Crippen molar-refractivity contribution in [2.24, 2.45) is 0 Å². The van der Waals surface area contributed by atoms with Gasteiger partial charge in [0, 0.05) is 0 Å². The van der Waals surface area contributed by atoms with Crippen LogP contribution < -0.4 is 0 Å². The van der Waals surface area contributed by atoms with E-state index in [9.17, 15) is 0 Å². The molecule has 0 N–H and O–H groups in total. The number of hydrogen-bond acceptors (Lipinski definition) is 0. The third kappa shape index (κ3) is 3.01. The van der Waals surface area contributed by atoms with Crippen molar-refractivity contribution in [1.29, 1.82) is 0 Å². The van der Waals surface area contributed by atoms with Crippen LogP contribution in [0.2, 0.25) is 0 Å². The minimum Gasteiger partial charge on any atom is -0.0954 e. The highest BCUT2D eigenvalue weighted by molar-refractivity contribution is 7.61. The molecule has 0 unspecified atom stereocenters. The minimum atomic E-state index is 0.188. The van der Waals surface area contributed by atoms with E-state index >= 15 is 0 Å². The summed E-state index contributed by atoms with van der Waals surface area (Å²) in [5.41, 5.74) is 0. The summed E-state index contributed by atoms with van der Waals surface area (Å²) in [6.45, 7) is 10.8. The van der Waals surface area contributed by atoms with E-state index < -0.39 is 0 Å². The fourth-order valence-electron chi connectivity index (χ4n) is 0.894. The molecular formula is C8H17P. The summed E-state index contributed by atoms with van der Waals surface area (Å²) < 4.78 is 0. The largest absolute Gasteiger partial charge is 0.0954 e. The van der Waals surface area contributed by atoms with Crippen LogP contribution in [0.15, 0.2) is 11.9 Å². The summed E-state index contributed by atoms with van der Waals surface area (Å²) >= 11 is 0. The highest BCUT2D eigenvalue weighted by Gasteiger charge is 2.03. The second-order valence-electron chi connectivity index (χ2n) is 2.09. The zero-order chi connectivity index (χ0) is 7.28. The predicted molar refractivity (Wildman–Crippen MR) is 47.4 cm³/mol. The first-order valence-electron chi connectivity index (χ1n) is 3.68. The SMILES string of the molecule is C=C(CC)P(CC)CC. The summed E-state index contributed by atoms with van der Waals surface area (Å²) in [5, 5.41) is 1.48. The van der Waals surface area contributed by atoms with Crippen molar-refractivity contribution in [3.8, 4) is 0 Å². The first kappa shape index (κ1) is 9.17. The number of hydrogen-bond donors (Lipinski definition) is 0. The fourth-order valence-corrected chi connectivity index (χ4v) is 2.68. The molecule has 0 spiro atoms. The van der Waals surface area contributed by atoms with Gasteiger partial charge in [0.25, 0.3) is 0 Å².